The molecule has 1 aromatic carbocycles. The first-order valence-electron chi connectivity index (χ1n) is 6.28. The minimum Gasteiger partial charge on any atom is -0.486 e. The van der Waals surface area contributed by atoms with E-state index < -0.39 is 15.9 Å². The predicted molar refractivity (Wildman–Crippen MR) is 74.0 cm³/mol. The summed E-state index contributed by atoms with van der Waals surface area (Å²) in [6.45, 7) is 0.882. The molecule has 21 heavy (non-hydrogen) atoms. The van der Waals surface area contributed by atoms with Crippen LogP contribution in [0.5, 0.6) is 11.5 Å². The van der Waals surface area contributed by atoms with Gasteiger partial charge in [0, 0.05) is 18.4 Å². The summed E-state index contributed by atoms with van der Waals surface area (Å²) in [4.78, 5) is 23.3. The lowest BCUT2D eigenvalue weighted by molar-refractivity contribution is -0.119. The van der Waals surface area contributed by atoms with Crippen LogP contribution < -0.4 is 14.2 Å². The third kappa shape index (κ3) is 4.45. The van der Waals surface area contributed by atoms with Crippen molar-refractivity contribution in [2.24, 2.45) is 0 Å². The lowest BCUT2D eigenvalue weighted by Crippen LogP contribution is -2.29. The summed E-state index contributed by atoms with van der Waals surface area (Å²) in [5, 5.41) is 0. The molecular formula is C13H15NO6S. The molecule has 0 bridgehead atoms. The van der Waals surface area contributed by atoms with Gasteiger partial charge < -0.3 is 9.47 Å². The molecule has 0 saturated carbocycles. The number of benzene rings is 1. The molecule has 0 aliphatic carbocycles. The molecule has 1 aliphatic heterocycles. The van der Waals surface area contributed by atoms with Crippen molar-refractivity contribution < 1.29 is 27.5 Å². The lowest BCUT2D eigenvalue weighted by atomic mass is 10.1. The zero-order valence-corrected chi connectivity index (χ0v) is 12.2. The third-order valence-electron chi connectivity index (χ3n) is 2.74. The summed E-state index contributed by atoms with van der Waals surface area (Å²) in [6.07, 6.45) is 0.606. The van der Waals surface area contributed by atoms with Crippen LogP contribution in [-0.4, -0.2) is 39.6 Å². The van der Waals surface area contributed by atoms with Gasteiger partial charge in [-0.15, -0.1) is 0 Å². The maximum atomic E-state index is 12.0. The van der Waals surface area contributed by atoms with Gasteiger partial charge in [0.1, 0.15) is 13.2 Å². The Morgan fingerprint density at radius 1 is 1.14 bits per heavy atom. The fraction of sp³-hybridized carbons (Fsp3) is 0.385. The van der Waals surface area contributed by atoms with Gasteiger partial charge in [0.2, 0.25) is 15.9 Å². The number of rotatable bonds is 5. The zero-order chi connectivity index (χ0) is 15.5. The Kier molecular flexibility index (Phi) is 4.46. The van der Waals surface area contributed by atoms with Crippen LogP contribution in [0.25, 0.3) is 0 Å². The van der Waals surface area contributed by atoms with E-state index in [1.54, 1.807) is 18.2 Å². The minimum absolute atomic E-state index is 0.0823. The highest BCUT2D eigenvalue weighted by atomic mass is 32.2. The smallest absolute Gasteiger partial charge is 0.233 e. The average Bonchev–Trinajstić information content (AvgIpc) is 2.42. The fourth-order valence-corrected chi connectivity index (χ4v) is 2.36. The molecule has 1 heterocycles. The van der Waals surface area contributed by atoms with Gasteiger partial charge in [0.05, 0.1) is 6.26 Å². The molecular weight excluding hydrogens is 298 g/mol. The first kappa shape index (κ1) is 15.3. The number of sulfonamides is 1. The number of nitrogens with one attached hydrogen (secondary N) is 1. The van der Waals surface area contributed by atoms with Crippen LogP contribution in [0.15, 0.2) is 18.2 Å². The molecule has 0 saturated heterocycles. The van der Waals surface area contributed by atoms with Crippen molar-refractivity contribution in [3.8, 4) is 11.5 Å². The van der Waals surface area contributed by atoms with E-state index in [1.165, 1.54) is 0 Å². The van der Waals surface area contributed by atoms with Gasteiger partial charge in [-0.25, -0.2) is 8.42 Å². The number of carbonyl (C=O) groups excluding carboxylic acids is 2. The average molecular weight is 313 g/mol. The normalized spacial score (nSPS) is 13.6. The van der Waals surface area contributed by atoms with Crippen molar-refractivity contribution in [1.82, 2.24) is 4.72 Å². The van der Waals surface area contributed by atoms with Gasteiger partial charge in [0.25, 0.3) is 0 Å². The Bertz CT molecular complexity index is 667. The topological polar surface area (TPSA) is 98.8 Å². The monoisotopic (exact) mass is 313 g/mol. The number of amides is 1. The highest BCUT2D eigenvalue weighted by molar-refractivity contribution is 7.89. The Morgan fingerprint density at radius 2 is 1.81 bits per heavy atom. The van der Waals surface area contributed by atoms with E-state index in [-0.39, 0.29) is 18.6 Å². The Hall–Kier alpha value is -2.09. The van der Waals surface area contributed by atoms with Crippen LogP contribution in [0, 0.1) is 0 Å². The van der Waals surface area contributed by atoms with Crippen molar-refractivity contribution >= 4 is 21.7 Å². The molecule has 7 nitrogen and oxygen atoms in total. The number of Topliss-reactive ketones (excluding diaryl/α,β-unsaturated/α-hetero) is 1. The second-order valence-corrected chi connectivity index (χ2v) is 6.33. The second-order valence-electron chi connectivity index (χ2n) is 4.58. The highest BCUT2D eigenvalue weighted by Crippen LogP contribution is 2.31. The molecule has 114 valence electrons. The fourth-order valence-electron chi connectivity index (χ4n) is 1.85. The van der Waals surface area contributed by atoms with Crippen LogP contribution in [0.3, 0.4) is 0 Å². The molecule has 1 N–H and O–H groups in total. The Morgan fingerprint density at radius 3 is 2.48 bits per heavy atom. The van der Waals surface area contributed by atoms with E-state index in [2.05, 4.69) is 0 Å². The van der Waals surface area contributed by atoms with Gasteiger partial charge in [-0.3, -0.25) is 14.3 Å². The molecule has 8 heteroatoms. The van der Waals surface area contributed by atoms with E-state index in [9.17, 15) is 18.0 Å². The number of carbonyl (C=O) groups is 2. The summed E-state index contributed by atoms with van der Waals surface area (Å²) in [5.41, 5.74) is 0.395. The molecule has 2 rings (SSSR count). The van der Waals surface area contributed by atoms with Crippen LogP contribution >= 0.6 is 0 Å². The summed E-state index contributed by atoms with van der Waals surface area (Å²) < 4.78 is 34.3. The molecule has 0 unspecified atom stereocenters. The number of fused-ring (bicyclic) bond motifs is 1. The van der Waals surface area contributed by atoms with Crippen molar-refractivity contribution in [2.45, 2.75) is 12.8 Å². The summed E-state index contributed by atoms with van der Waals surface area (Å²) in [5.74, 6) is 0.0966. The van der Waals surface area contributed by atoms with Crippen molar-refractivity contribution in [3.05, 3.63) is 23.8 Å². The summed E-state index contributed by atoms with van der Waals surface area (Å²) in [6, 6.07) is 4.79. The van der Waals surface area contributed by atoms with Gasteiger partial charge in [-0.2, -0.15) is 0 Å². The number of hydrogen-bond acceptors (Lipinski definition) is 6. The van der Waals surface area contributed by atoms with Crippen LogP contribution in [-0.2, 0) is 14.8 Å². The molecule has 1 aromatic rings. The number of hydrogen-bond donors (Lipinski definition) is 1. The Balaban J connectivity index is 1.96. The van der Waals surface area contributed by atoms with Gasteiger partial charge in [-0.05, 0) is 18.2 Å². The molecule has 0 aromatic heterocycles. The highest BCUT2D eigenvalue weighted by Gasteiger charge is 2.16. The van der Waals surface area contributed by atoms with E-state index in [0.717, 1.165) is 6.26 Å². The van der Waals surface area contributed by atoms with Crippen LogP contribution in [0.4, 0.5) is 0 Å². The Labute approximate surface area is 122 Å². The first-order valence-corrected chi connectivity index (χ1v) is 8.18. The maximum absolute atomic E-state index is 12.0. The molecule has 0 radical (unpaired) electrons. The van der Waals surface area contributed by atoms with Crippen molar-refractivity contribution in [3.63, 3.8) is 0 Å². The van der Waals surface area contributed by atoms with Gasteiger partial charge >= 0.3 is 0 Å². The van der Waals surface area contributed by atoms with Crippen molar-refractivity contribution in [2.75, 3.05) is 19.5 Å². The zero-order valence-electron chi connectivity index (χ0n) is 11.4. The molecule has 0 fully saturated rings. The molecule has 0 spiro atoms. The van der Waals surface area contributed by atoms with E-state index in [1.807, 2.05) is 4.72 Å². The minimum atomic E-state index is -3.60. The summed E-state index contributed by atoms with van der Waals surface area (Å²) in [7, 11) is -3.60. The predicted octanol–water partition coefficient (Wildman–Crippen LogP) is 0.496. The van der Waals surface area contributed by atoms with Crippen LogP contribution in [0.1, 0.15) is 23.2 Å². The van der Waals surface area contributed by atoms with E-state index >= 15 is 0 Å². The van der Waals surface area contributed by atoms with E-state index in [0.29, 0.717) is 30.3 Å². The molecule has 1 aliphatic rings. The van der Waals surface area contributed by atoms with Crippen LogP contribution in [0.2, 0.25) is 0 Å². The quantitative estimate of drug-likeness (QED) is 0.795. The third-order valence-corrected chi connectivity index (χ3v) is 3.34. The number of ether oxygens (including phenoxy) is 2. The SMILES string of the molecule is CS(=O)(=O)NC(=O)CCC(=O)c1ccc2c(c1)OCCO2. The van der Waals surface area contributed by atoms with Gasteiger partial charge in [-0.1, -0.05) is 0 Å². The maximum Gasteiger partial charge on any atom is 0.233 e. The van der Waals surface area contributed by atoms with E-state index in [4.69, 9.17) is 9.47 Å². The number of ketones is 1. The second kappa shape index (κ2) is 6.13. The molecule has 1 amide bonds. The largest absolute Gasteiger partial charge is 0.486 e. The summed E-state index contributed by atoms with van der Waals surface area (Å²) >= 11 is 0. The molecule has 0 atom stereocenters. The lowest BCUT2D eigenvalue weighted by Gasteiger charge is -2.18. The first-order chi connectivity index (χ1) is 9.85. The van der Waals surface area contributed by atoms with Crippen molar-refractivity contribution in [1.29, 1.82) is 0 Å². The van der Waals surface area contributed by atoms with Gasteiger partial charge in [0.15, 0.2) is 17.3 Å². The standard InChI is InChI=1S/C13H15NO6S/c1-21(17,18)14-13(16)5-3-10(15)9-2-4-11-12(8-9)20-7-6-19-11/h2,4,8H,3,5-7H2,1H3,(H,14,16).